The van der Waals surface area contributed by atoms with E-state index in [-0.39, 0.29) is 25.3 Å². The van der Waals surface area contributed by atoms with Crippen molar-refractivity contribution in [2.24, 2.45) is 0 Å². The number of carbonyl (C=O) groups is 2. The van der Waals surface area contributed by atoms with E-state index in [0.717, 1.165) is 10.0 Å². The largest absolute Gasteiger partial charge is 0.481 e. The van der Waals surface area contributed by atoms with Gasteiger partial charge in [-0.15, -0.1) is 0 Å². The average Bonchev–Trinajstić information content (AvgIpc) is 2.99. The molecule has 2 rings (SSSR count). The minimum atomic E-state index is -0.921. The zero-order chi connectivity index (χ0) is 16.8. The van der Waals surface area contributed by atoms with Crippen LogP contribution in [0.3, 0.4) is 0 Å². The normalized spacial score (nSPS) is 10.5. The molecule has 0 fully saturated rings. The molecule has 0 aliphatic heterocycles. The summed E-state index contributed by atoms with van der Waals surface area (Å²) in [6.07, 6.45) is 2.17. The fraction of sp³-hybridized carbons (Fsp3) is 0.312. The maximum absolute atomic E-state index is 11.9. The monoisotopic (exact) mass is 380 g/mol. The van der Waals surface area contributed by atoms with Crippen LogP contribution in [0.5, 0.6) is 0 Å². The molecule has 6 nitrogen and oxygen atoms in total. The van der Waals surface area contributed by atoms with Gasteiger partial charge in [-0.25, -0.2) is 4.98 Å². The number of hydrogen-bond acceptors (Lipinski definition) is 4. The van der Waals surface area contributed by atoms with E-state index in [0.29, 0.717) is 18.1 Å². The number of benzene rings is 1. The van der Waals surface area contributed by atoms with Gasteiger partial charge in [0.15, 0.2) is 11.7 Å². The van der Waals surface area contributed by atoms with Crippen LogP contribution >= 0.6 is 15.9 Å². The molecule has 0 spiro atoms. The summed E-state index contributed by atoms with van der Waals surface area (Å²) in [7, 11) is 1.59. The number of carboxylic acid groups (broad SMARTS) is 1. The number of oxazole rings is 1. The molecule has 1 N–H and O–H groups in total. The van der Waals surface area contributed by atoms with Crippen molar-refractivity contribution in [3.63, 3.8) is 0 Å². The van der Waals surface area contributed by atoms with Crippen LogP contribution in [0, 0.1) is 0 Å². The van der Waals surface area contributed by atoms with Crippen LogP contribution in [0.15, 0.2) is 39.4 Å². The third-order valence-electron chi connectivity index (χ3n) is 3.33. The zero-order valence-corrected chi connectivity index (χ0v) is 14.2. The molecule has 0 aliphatic rings. The van der Waals surface area contributed by atoms with Gasteiger partial charge in [0, 0.05) is 36.5 Å². The van der Waals surface area contributed by atoms with E-state index in [2.05, 4.69) is 20.9 Å². The minimum absolute atomic E-state index is 0.0621. The molecule has 1 heterocycles. The standard InChI is InChI=1S/C16H17BrN2O4/c1-19(9-8-16(21)22)15(20)7-6-14-18-10-13(23-14)11-4-2-3-5-12(11)17/h2-5,10H,6-9H2,1H3,(H,21,22). The number of halogens is 1. The number of amides is 1. The Morgan fingerprint density at radius 2 is 2.04 bits per heavy atom. The molecule has 0 atom stereocenters. The Hall–Kier alpha value is -2.15. The Balaban J connectivity index is 1.91. The highest BCUT2D eigenvalue weighted by molar-refractivity contribution is 9.10. The summed E-state index contributed by atoms with van der Waals surface area (Å²) in [6, 6.07) is 7.65. The van der Waals surface area contributed by atoms with Crippen LogP contribution in [0.2, 0.25) is 0 Å². The molecule has 0 saturated heterocycles. The Kier molecular flexibility index (Phi) is 5.92. The highest BCUT2D eigenvalue weighted by Crippen LogP contribution is 2.28. The van der Waals surface area contributed by atoms with E-state index < -0.39 is 5.97 Å². The van der Waals surface area contributed by atoms with Gasteiger partial charge < -0.3 is 14.4 Å². The van der Waals surface area contributed by atoms with Crippen molar-refractivity contribution in [1.82, 2.24) is 9.88 Å². The van der Waals surface area contributed by atoms with Gasteiger partial charge in [-0.3, -0.25) is 9.59 Å². The van der Waals surface area contributed by atoms with Crippen LogP contribution in [0.4, 0.5) is 0 Å². The molecular weight excluding hydrogens is 364 g/mol. The Bertz CT molecular complexity index is 699. The van der Waals surface area contributed by atoms with Crippen LogP contribution in [-0.4, -0.2) is 40.5 Å². The van der Waals surface area contributed by atoms with Crippen LogP contribution in [0.25, 0.3) is 11.3 Å². The number of aryl methyl sites for hydroxylation is 1. The van der Waals surface area contributed by atoms with Gasteiger partial charge in [0.25, 0.3) is 0 Å². The van der Waals surface area contributed by atoms with E-state index in [1.807, 2.05) is 24.3 Å². The number of carbonyl (C=O) groups excluding carboxylic acids is 1. The Labute approximate surface area is 142 Å². The molecule has 0 unspecified atom stereocenters. The molecule has 1 aromatic heterocycles. The summed E-state index contributed by atoms with van der Waals surface area (Å²) in [5.74, 6) is 0.0669. The van der Waals surface area contributed by atoms with Gasteiger partial charge in [0.1, 0.15) is 0 Å². The van der Waals surface area contributed by atoms with Crippen LogP contribution in [0.1, 0.15) is 18.7 Å². The first-order valence-corrected chi connectivity index (χ1v) is 7.92. The first-order chi connectivity index (χ1) is 11.0. The lowest BCUT2D eigenvalue weighted by Gasteiger charge is -2.15. The van der Waals surface area contributed by atoms with Gasteiger partial charge in [0.05, 0.1) is 12.6 Å². The summed E-state index contributed by atoms with van der Waals surface area (Å²) in [6.45, 7) is 0.196. The third kappa shape index (κ3) is 4.92. The third-order valence-corrected chi connectivity index (χ3v) is 4.02. The van der Waals surface area contributed by atoms with Crippen molar-refractivity contribution in [2.75, 3.05) is 13.6 Å². The lowest BCUT2D eigenvalue weighted by molar-refractivity contribution is -0.138. The van der Waals surface area contributed by atoms with E-state index in [1.54, 1.807) is 13.2 Å². The molecule has 23 heavy (non-hydrogen) atoms. The van der Waals surface area contributed by atoms with E-state index >= 15 is 0 Å². The predicted molar refractivity (Wildman–Crippen MR) is 87.8 cm³/mol. The number of aliphatic carboxylic acids is 1. The van der Waals surface area contributed by atoms with Crippen molar-refractivity contribution in [2.45, 2.75) is 19.3 Å². The van der Waals surface area contributed by atoms with E-state index in [1.165, 1.54) is 4.90 Å². The van der Waals surface area contributed by atoms with Crippen molar-refractivity contribution in [1.29, 1.82) is 0 Å². The molecule has 7 heteroatoms. The molecule has 0 radical (unpaired) electrons. The van der Waals surface area contributed by atoms with Gasteiger partial charge in [-0.05, 0) is 6.07 Å². The zero-order valence-electron chi connectivity index (χ0n) is 12.7. The molecule has 2 aromatic rings. The molecule has 0 bridgehead atoms. The van der Waals surface area contributed by atoms with Gasteiger partial charge >= 0.3 is 5.97 Å². The maximum Gasteiger partial charge on any atom is 0.305 e. The molecule has 122 valence electrons. The molecular formula is C16H17BrN2O4. The van der Waals surface area contributed by atoms with Gasteiger partial charge in [-0.1, -0.05) is 34.1 Å². The number of aromatic nitrogens is 1. The van der Waals surface area contributed by atoms with Crippen molar-refractivity contribution >= 4 is 27.8 Å². The fourth-order valence-electron chi connectivity index (χ4n) is 2.00. The molecule has 1 amide bonds. The summed E-state index contributed by atoms with van der Waals surface area (Å²) in [5, 5.41) is 8.62. The SMILES string of the molecule is CN(CCC(=O)O)C(=O)CCc1ncc(-c2ccccc2Br)o1. The fourth-order valence-corrected chi connectivity index (χ4v) is 2.48. The van der Waals surface area contributed by atoms with Crippen LogP contribution < -0.4 is 0 Å². The van der Waals surface area contributed by atoms with Crippen LogP contribution in [-0.2, 0) is 16.0 Å². The second kappa shape index (κ2) is 7.92. The highest BCUT2D eigenvalue weighted by atomic mass is 79.9. The lowest BCUT2D eigenvalue weighted by Crippen LogP contribution is -2.29. The number of hydrogen-bond donors (Lipinski definition) is 1. The summed E-state index contributed by atoms with van der Waals surface area (Å²) in [5.41, 5.74) is 0.899. The highest BCUT2D eigenvalue weighted by Gasteiger charge is 2.13. The van der Waals surface area contributed by atoms with Gasteiger partial charge in [-0.2, -0.15) is 0 Å². The minimum Gasteiger partial charge on any atom is -0.481 e. The lowest BCUT2D eigenvalue weighted by atomic mass is 10.2. The quantitative estimate of drug-likeness (QED) is 0.797. The van der Waals surface area contributed by atoms with Crippen molar-refractivity contribution in [3.05, 3.63) is 40.8 Å². The smallest absolute Gasteiger partial charge is 0.305 e. The summed E-state index contributed by atoms with van der Waals surface area (Å²) in [4.78, 5) is 28.0. The molecule has 1 aromatic carbocycles. The van der Waals surface area contributed by atoms with Gasteiger partial charge in [0.2, 0.25) is 5.91 Å². The summed E-state index contributed by atoms with van der Waals surface area (Å²) < 4.78 is 6.58. The van der Waals surface area contributed by atoms with Crippen molar-refractivity contribution in [3.8, 4) is 11.3 Å². The number of nitrogens with zero attached hydrogens (tertiary/aromatic N) is 2. The molecule has 0 saturated carbocycles. The first-order valence-electron chi connectivity index (χ1n) is 7.12. The van der Waals surface area contributed by atoms with E-state index in [4.69, 9.17) is 9.52 Å². The topological polar surface area (TPSA) is 83.6 Å². The predicted octanol–water partition coefficient (Wildman–Crippen LogP) is 2.97. The van der Waals surface area contributed by atoms with Crippen molar-refractivity contribution < 1.29 is 19.1 Å². The molecule has 0 aliphatic carbocycles. The number of carboxylic acids is 1. The second-order valence-electron chi connectivity index (χ2n) is 5.06. The van der Waals surface area contributed by atoms with E-state index in [9.17, 15) is 9.59 Å². The summed E-state index contributed by atoms with van der Waals surface area (Å²) >= 11 is 3.46. The number of rotatable bonds is 7. The first kappa shape index (κ1) is 17.2. The second-order valence-corrected chi connectivity index (χ2v) is 5.91. The Morgan fingerprint density at radius 3 is 2.74 bits per heavy atom. The maximum atomic E-state index is 11.9. The Morgan fingerprint density at radius 1 is 1.30 bits per heavy atom. The average molecular weight is 381 g/mol.